The zero-order chi connectivity index (χ0) is 14.1. The summed E-state index contributed by atoms with van der Waals surface area (Å²) < 4.78 is 0. The fourth-order valence-electron chi connectivity index (χ4n) is 2.28. The van der Waals surface area contributed by atoms with Crippen LogP contribution < -0.4 is 0 Å². The molecule has 1 rings (SSSR count). The molecule has 0 bridgehead atoms. The van der Waals surface area contributed by atoms with Crippen molar-refractivity contribution in [3.05, 3.63) is 58.7 Å². The van der Waals surface area contributed by atoms with E-state index >= 15 is 0 Å². The summed E-state index contributed by atoms with van der Waals surface area (Å²) in [6, 6.07) is 7.05. The van der Waals surface area contributed by atoms with Crippen molar-refractivity contribution in [2.45, 2.75) is 59.8 Å². The summed E-state index contributed by atoms with van der Waals surface area (Å²) in [4.78, 5) is 0. The van der Waals surface area contributed by atoms with Crippen molar-refractivity contribution in [1.82, 2.24) is 0 Å². The highest BCUT2D eigenvalue weighted by Crippen LogP contribution is 2.18. The smallest absolute Gasteiger partial charge is 0.00948 e. The van der Waals surface area contributed by atoms with E-state index in [2.05, 4.69) is 64.1 Å². The second-order valence-electron chi connectivity index (χ2n) is 5.26. The fourth-order valence-corrected chi connectivity index (χ4v) is 2.28. The van der Waals surface area contributed by atoms with E-state index in [-0.39, 0.29) is 0 Å². The van der Waals surface area contributed by atoms with Gasteiger partial charge in [-0.05, 0) is 63.1 Å². The Hall–Kier alpha value is -1.30. The topological polar surface area (TPSA) is 0 Å². The lowest BCUT2D eigenvalue weighted by Crippen LogP contribution is -1.97. The van der Waals surface area contributed by atoms with Crippen molar-refractivity contribution >= 4 is 0 Å². The number of benzene rings is 1. The first-order valence-electron chi connectivity index (χ1n) is 7.54. The van der Waals surface area contributed by atoms with Crippen LogP contribution in [0.4, 0.5) is 0 Å². The molecule has 0 heteroatoms. The third-order valence-corrected chi connectivity index (χ3v) is 3.66. The predicted molar refractivity (Wildman–Crippen MR) is 86.7 cm³/mol. The van der Waals surface area contributed by atoms with Gasteiger partial charge >= 0.3 is 0 Å². The molecule has 0 spiro atoms. The van der Waals surface area contributed by atoms with Crippen molar-refractivity contribution < 1.29 is 0 Å². The molecular weight excluding hydrogens is 228 g/mol. The first kappa shape index (κ1) is 15.8. The molecule has 0 heterocycles. The molecule has 0 aromatic heterocycles. The summed E-state index contributed by atoms with van der Waals surface area (Å²) >= 11 is 0. The Morgan fingerprint density at radius 2 is 1.89 bits per heavy atom. The van der Waals surface area contributed by atoms with Gasteiger partial charge in [0.15, 0.2) is 0 Å². The highest BCUT2D eigenvalue weighted by molar-refractivity contribution is 5.34. The number of aryl methyl sites for hydroxylation is 2. The van der Waals surface area contributed by atoms with Crippen molar-refractivity contribution in [3.63, 3.8) is 0 Å². The maximum absolute atomic E-state index is 2.42. The molecule has 1 aromatic rings. The zero-order valence-electron chi connectivity index (χ0n) is 13.0. The third kappa shape index (κ3) is 5.46. The Morgan fingerprint density at radius 1 is 1.11 bits per heavy atom. The van der Waals surface area contributed by atoms with Gasteiger partial charge in [-0.2, -0.15) is 0 Å². The minimum Gasteiger partial charge on any atom is -0.0913 e. The Labute approximate surface area is 119 Å². The molecule has 0 fully saturated rings. The van der Waals surface area contributed by atoms with Crippen molar-refractivity contribution in [3.8, 4) is 0 Å². The number of hydrogen-bond acceptors (Lipinski definition) is 0. The van der Waals surface area contributed by atoms with Gasteiger partial charge in [0.1, 0.15) is 0 Å². The predicted octanol–water partition coefficient (Wildman–Crippen LogP) is 5.66. The van der Waals surface area contributed by atoms with E-state index in [1.54, 1.807) is 0 Å². The molecule has 0 aliphatic rings. The molecule has 0 radical (unpaired) electrons. The second-order valence-corrected chi connectivity index (χ2v) is 5.26. The quantitative estimate of drug-likeness (QED) is 0.552. The van der Waals surface area contributed by atoms with Gasteiger partial charge in [0.25, 0.3) is 0 Å². The Morgan fingerprint density at radius 3 is 2.53 bits per heavy atom. The zero-order valence-corrected chi connectivity index (χ0v) is 13.0. The van der Waals surface area contributed by atoms with E-state index in [0.717, 1.165) is 6.42 Å². The molecular formula is C19H28. The molecule has 0 aliphatic heterocycles. The number of allylic oxidation sites excluding steroid dienone is 4. The van der Waals surface area contributed by atoms with Crippen molar-refractivity contribution in [1.29, 1.82) is 0 Å². The van der Waals surface area contributed by atoms with Gasteiger partial charge in [-0.25, -0.2) is 0 Å². The van der Waals surface area contributed by atoms with Gasteiger partial charge in [0.2, 0.25) is 0 Å². The van der Waals surface area contributed by atoms with Crippen LogP contribution >= 0.6 is 0 Å². The van der Waals surface area contributed by atoms with E-state index in [0.29, 0.717) is 0 Å². The van der Waals surface area contributed by atoms with Crippen LogP contribution in [0.1, 0.15) is 57.2 Å². The van der Waals surface area contributed by atoms with Crippen molar-refractivity contribution in [2.24, 2.45) is 0 Å². The molecule has 0 amide bonds. The van der Waals surface area contributed by atoms with Crippen molar-refractivity contribution in [2.75, 3.05) is 0 Å². The SMILES string of the molecule is C/C=C(/C)CCc1cc(CCC)ccc1C/C=C/C. The number of rotatable bonds is 7. The van der Waals surface area contributed by atoms with Gasteiger partial charge in [-0.1, -0.05) is 55.3 Å². The van der Waals surface area contributed by atoms with Crippen LogP contribution in [-0.2, 0) is 19.3 Å². The first-order valence-corrected chi connectivity index (χ1v) is 7.54. The van der Waals surface area contributed by atoms with Crippen LogP contribution in [0.3, 0.4) is 0 Å². The van der Waals surface area contributed by atoms with E-state index in [9.17, 15) is 0 Å². The first-order chi connectivity index (χ1) is 9.21. The molecule has 0 nitrogen and oxygen atoms in total. The molecule has 0 aliphatic carbocycles. The van der Waals surface area contributed by atoms with Crippen LogP contribution in [0.2, 0.25) is 0 Å². The van der Waals surface area contributed by atoms with Gasteiger partial charge < -0.3 is 0 Å². The van der Waals surface area contributed by atoms with Gasteiger partial charge in [-0.3, -0.25) is 0 Å². The molecule has 104 valence electrons. The Bertz CT molecular complexity index is 435. The molecule has 0 saturated carbocycles. The lowest BCUT2D eigenvalue weighted by Gasteiger charge is -2.11. The van der Waals surface area contributed by atoms with E-state index in [4.69, 9.17) is 0 Å². The average molecular weight is 256 g/mol. The minimum absolute atomic E-state index is 1.06. The Balaban J connectivity index is 2.89. The van der Waals surface area contributed by atoms with Gasteiger partial charge in [0.05, 0.1) is 0 Å². The summed E-state index contributed by atoms with van der Waals surface area (Å²) in [5, 5.41) is 0. The molecule has 1 aromatic carbocycles. The summed E-state index contributed by atoms with van der Waals surface area (Å²) in [7, 11) is 0. The molecule has 0 unspecified atom stereocenters. The molecule has 0 N–H and O–H groups in total. The highest BCUT2D eigenvalue weighted by atomic mass is 14.1. The summed E-state index contributed by atoms with van der Waals surface area (Å²) in [5.74, 6) is 0. The maximum atomic E-state index is 2.42. The second kappa shape index (κ2) is 8.74. The summed E-state index contributed by atoms with van der Waals surface area (Å²) in [6.45, 7) is 8.69. The molecule has 0 atom stereocenters. The van der Waals surface area contributed by atoms with Gasteiger partial charge in [-0.15, -0.1) is 0 Å². The van der Waals surface area contributed by atoms with Crippen LogP contribution in [0.25, 0.3) is 0 Å². The fraction of sp³-hybridized carbons (Fsp3) is 0.474. The van der Waals surface area contributed by atoms with Crippen LogP contribution in [0, 0.1) is 0 Å². The van der Waals surface area contributed by atoms with Crippen LogP contribution in [0.5, 0.6) is 0 Å². The van der Waals surface area contributed by atoms with E-state index < -0.39 is 0 Å². The van der Waals surface area contributed by atoms with E-state index in [1.165, 1.54) is 47.9 Å². The summed E-state index contributed by atoms with van der Waals surface area (Å²) in [6.07, 6.45) is 12.4. The van der Waals surface area contributed by atoms with Gasteiger partial charge in [0, 0.05) is 0 Å². The van der Waals surface area contributed by atoms with E-state index in [1.807, 2.05) is 0 Å². The minimum atomic E-state index is 1.06. The van der Waals surface area contributed by atoms with Crippen LogP contribution in [0.15, 0.2) is 42.0 Å². The third-order valence-electron chi connectivity index (χ3n) is 3.66. The normalized spacial score (nSPS) is 12.3. The monoisotopic (exact) mass is 256 g/mol. The standard InChI is InChI=1S/C19H28/c1-5-8-10-18-14-12-17(9-6-2)15-19(18)13-11-16(4)7-3/h5,7-8,12,14-15H,6,9-11,13H2,1-4H3/b8-5+,16-7-. The summed E-state index contributed by atoms with van der Waals surface area (Å²) in [5.41, 5.74) is 5.99. The largest absolute Gasteiger partial charge is 0.0913 e. The maximum Gasteiger partial charge on any atom is -0.00948 e. The Kier molecular flexibility index (Phi) is 7.25. The lowest BCUT2D eigenvalue weighted by atomic mass is 9.95. The van der Waals surface area contributed by atoms with Crippen LogP contribution in [-0.4, -0.2) is 0 Å². The molecule has 19 heavy (non-hydrogen) atoms. The number of hydrogen-bond donors (Lipinski definition) is 0. The lowest BCUT2D eigenvalue weighted by molar-refractivity contribution is 0.892. The molecule has 0 saturated heterocycles. The highest BCUT2D eigenvalue weighted by Gasteiger charge is 2.03. The average Bonchev–Trinajstić information content (AvgIpc) is 2.44.